The quantitative estimate of drug-likeness (QED) is 0.806. The minimum absolute atomic E-state index is 0.0393. The molecule has 0 saturated heterocycles. The van der Waals surface area contributed by atoms with Gasteiger partial charge in [-0.05, 0) is 0 Å². The number of aromatic nitrogens is 2. The van der Waals surface area contributed by atoms with Gasteiger partial charge >= 0.3 is 0 Å². The Morgan fingerprint density at radius 1 is 1.12 bits per heavy atom. The summed E-state index contributed by atoms with van der Waals surface area (Å²) in [6, 6.07) is 9.76. The van der Waals surface area contributed by atoms with Crippen molar-refractivity contribution >= 4 is 0 Å². The Balaban J connectivity index is 2.36. The van der Waals surface area contributed by atoms with Crippen molar-refractivity contribution in [3.05, 3.63) is 42.4 Å². The van der Waals surface area contributed by atoms with Gasteiger partial charge in [-0.3, -0.25) is 0 Å². The molecule has 0 fully saturated rings. The monoisotopic (exact) mass is 218 g/mol. The Morgan fingerprint density at radius 3 is 2.50 bits per heavy atom. The van der Waals surface area contributed by atoms with Crippen LogP contribution in [0.1, 0.15) is 5.82 Å². The van der Waals surface area contributed by atoms with E-state index in [1.807, 2.05) is 36.5 Å². The van der Waals surface area contributed by atoms with Crippen LogP contribution in [-0.4, -0.2) is 26.4 Å². The summed E-state index contributed by atoms with van der Waals surface area (Å²) in [4.78, 5) is 4.32. The molecule has 84 valence electrons. The lowest BCUT2D eigenvalue weighted by Crippen LogP contribution is -2.05. The number of hydrogen-bond acceptors (Lipinski definition) is 3. The van der Waals surface area contributed by atoms with Gasteiger partial charge in [0.15, 0.2) is 0 Å². The Hall–Kier alpha value is -1.65. The van der Waals surface area contributed by atoms with E-state index in [0.717, 1.165) is 11.3 Å². The van der Waals surface area contributed by atoms with Gasteiger partial charge in [-0.25, -0.2) is 4.98 Å². The highest BCUT2D eigenvalue weighted by Gasteiger charge is 2.07. The normalized spacial score (nSPS) is 10.6. The highest BCUT2D eigenvalue weighted by Crippen LogP contribution is 2.18. The Kier molecular flexibility index (Phi) is 3.34. The van der Waals surface area contributed by atoms with Crippen molar-refractivity contribution in [1.29, 1.82) is 0 Å². The number of aliphatic hydroxyl groups is 2. The maximum atomic E-state index is 9.14. The molecule has 4 nitrogen and oxygen atoms in total. The minimum Gasteiger partial charge on any atom is -0.395 e. The first kappa shape index (κ1) is 10.9. The summed E-state index contributed by atoms with van der Waals surface area (Å²) in [6.07, 6.45) is 1.84. The molecular formula is C12H14N2O2. The molecule has 0 spiro atoms. The van der Waals surface area contributed by atoms with Gasteiger partial charge in [0.25, 0.3) is 0 Å². The van der Waals surface area contributed by atoms with E-state index in [9.17, 15) is 0 Å². The van der Waals surface area contributed by atoms with E-state index in [1.165, 1.54) is 0 Å². The predicted molar refractivity (Wildman–Crippen MR) is 60.7 cm³/mol. The van der Waals surface area contributed by atoms with Crippen LogP contribution < -0.4 is 0 Å². The molecule has 4 heteroatoms. The van der Waals surface area contributed by atoms with Crippen LogP contribution in [0.3, 0.4) is 0 Å². The van der Waals surface area contributed by atoms with Crippen molar-refractivity contribution < 1.29 is 10.2 Å². The molecule has 1 aromatic carbocycles. The zero-order valence-electron chi connectivity index (χ0n) is 8.87. The largest absolute Gasteiger partial charge is 0.395 e. The van der Waals surface area contributed by atoms with Gasteiger partial charge in [0.1, 0.15) is 12.4 Å². The maximum Gasteiger partial charge on any atom is 0.135 e. The number of hydrogen-bond donors (Lipinski definition) is 2. The van der Waals surface area contributed by atoms with Crippen molar-refractivity contribution in [1.82, 2.24) is 9.55 Å². The first-order valence-corrected chi connectivity index (χ1v) is 5.18. The maximum absolute atomic E-state index is 9.14. The molecule has 0 aliphatic heterocycles. The lowest BCUT2D eigenvalue weighted by Gasteiger charge is -2.01. The molecule has 0 amide bonds. The SMILES string of the molecule is OCCn1cc(-c2ccccc2)nc1CO. The molecule has 2 aromatic rings. The van der Waals surface area contributed by atoms with Crippen LogP contribution in [0, 0.1) is 0 Å². The van der Waals surface area contributed by atoms with Gasteiger partial charge in [0, 0.05) is 18.3 Å². The van der Waals surface area contributed by atoms with Crippen LogP contribution in [0.25, 0.3) is 11.3 Å². The molecule has 0 bridgehead atoms. The standard InChI is InChI=1S/C12H14N2O2/c15-7-6-14-8-11(13-12(14)9-16)10-4-2-1-3-5-10/h1-5,8,15-16H,6-7,9H2. The summed E-state index contributed by atoms with van der Waals surface area (Å²) in [6.45, 7) is 0.375. The molecule has 1 aromatic heterocycles. The summed E-state index contributed by atoms with van der Waals surface area (Å²) in [5.41, 5.74) is 1.83. The smallest absolute Gasteiger partial charge is 0.135 e. The zero-order chi connectivity index (χ0) is 11.4. The van der Waals surface area contributed by atoms with Gasteiger partial charge in [-0.2, -0.15) is 0 Å². The van der Waals surface area contributed by atoms with Crippen molar-refractivity contribution in [2.75, 3.05) is 6.61 Å². The molecule has 1 heterocycles. The first-order chi connectivity index (χ1) is 7.85. The summed E-state index contributed by atoms with van der Waals surface area (Å²) >= 11 is 0. The molecule has 0 aliphatic rings. The van der Waals surface area contributed by atoms with Crippen molar-refractivity contribution in [2.45, 2.75) is 13.2 Å². The molecule has 0 aliphatic carbocycles. The third-order valence-electron chi connectivity index (χ3n) is 2.41. The van der Waals surface area contributed by atoms with Crippen molar-refractivity contribution in [3.63, 3.8) is 0 Å². The Labute approximate surface area is 93.8 Å². The van der Waals surface area contributed by atoms with Crippen molar-refractivity contribution in [3.8, 4) is 11.3 Å². The van der Waals surface area contributed by atoms with E-state index in [0.29, 0.717) is 12.4 Å². The molecule has 0 radical (unpaired) electrons. The number of imidazole rings is 1. The Morgan fingerprint density at radius 2 is 1.88 bits per heavy atom. The third-order valence-corrected chi connectivity index (χ3v) is 2.41. The number of nitrogens with zero attached hydrogens (tertiary/aromatic N) is 2. The molecule has 0 saturated carbocycles. The van der Waals surface area contributed by atoms with E-state index in [2.05, 4.69) is 4.98 Å². The fourth-order valence-corrected chi connectivity index (χ4v) is 1.63. The molecule has 0 atom stereocenters. The van der Waals surface area contributed by atoms with E-state index >= 15 is 0 Å². The van der Waals surface area contributed by atoms with Crippen LogP contribution in [0.5, 0.6) is 0 Å². The molecule has 2 rings (SSSR count). The average molecular weight is 218 g/mol. The molecule has 16 heavy (non-hydrogen) atoms. The molecular weight excluding hydrogens is 204 g/mol. The predicted octanol–water partition coefficient (Wildman–Crippen LogP) is 1.03. The van der Waals surface area contributed by atoms with Gasteiger partial charge < -0.3 is 14.8 Å². The molecule has 0 unspecified atom stereocenters. The van der Waals surface area contributed by atoms with Crippen LogP contribution in [0.4, 0.5) is 0 Å². The summed E-state index contributed by atoms with van der Waals surface area (Å²) in [5, 5.41) is 18.0. The number of benzene rings is 1. The third kappa shape index (κ3) is 2.13. The van der Waals surface area contributed by atoms with Gasteiger partial charge in [-0.15, -0.1) is 0 Å². The molecule has 2 N–H and O–H groups in total. The van der Waals surface area contributed by atoms with E-state index in [1.54, 1.807) is 4.57 Å². The fraction of sp³-hybridized carbons (Fsp3) is 0.250. The Bertz CT molecular complexity index is 451. The lowest BCUT2D eigenvalue weighted by molar-refractivity contribution is 0.247. The average Bonchev–Trinajstić information content (AvgIpc) is 2.74. The minimum atomic E-state index is -0.118. The summed E-state index contributed by atoms with van der Waals surface area (Å²) in [7, 11) is 0. The number of rotatable bonds is 4. The van der Waals surface area contributed by atoms with E-state index in [-0.39, 0.29) is 13.2 Å². The summed E-state index contributed by atoms with van der Waals surface area (Å²) < 4.78 is 1.77. The lowest BCUT2D eigenvalue weighted by atomic mass is 10.2. The van der Waals surface area contributed by atoms with Crippen LogP contribution in [0.2, 0.25) is 0 Å². The van der Waals surface area contributed by atoms with E-state index < -0.39 is 0 Å². The van der Waals surface area contributed by atoms with Crippen LogP contribution >= 0.6 is 0 Å². The fourth-order valence-electron chi connectivity index (χ4n) is 1.63. The van der Waals surface area contributed by atoms with Crippen LogP contribution in [0.15, 0.2) is 36.5 Å². The second kappa shape index (κ2) is 4.92. The topological polar surface area (TPSA) is 58.3 Å². The van der Waals surface area contributed by atoms with Gasteiger partial charge in [0.2, 0.25) is 0 Å². The first-order valence-electron chi connectivity index (χ1n) is 5.18. The zero-order valence-corrected chi connectivity index (χ0v) is 8.87. The number of aliphatic hydroxyl groups excluding tert-OH is 2. The second-order valence-corrected chi connectivity index (χ2v) is 3.48. The van der Waals surface area contributed by atoms with Gasteiger partial charge in [0.05, 0.1) is 12.3 Å². The van der Waals surface area contributed by atoms with Crippen molar-refractivity contribution in [2.24, 2.45) is 0 Å². The van der Waals surface area contributed by atoms with Gasteiger partial charge in [-0.1, -0.05) is 30.3 Å². The summed E-state index contributed by atoms with van der Waals surface area (Å²) in [5.74, 6) is 0.577. The second-order valence-electron chi connectivity index (χ2n) is 3.48. The highest BCUT2D eigenvalue weighted by atomic mass is 16.3. The van der Waals surface area contributed by atoms with Crippen LogP contribution in [-0.2, 0) is 13.2 Å². The van der Waals surface area contributed by atoms with E-state index in [4.69, 9.17) is 10.2 Å². The highest BCUT2D eigenvalue weighted by molar-refractivity contribution is 5.58.